The van der Waals surface area contributed by atoms with Gasteiger partial charge in [-0.3, -0.25) is 10.1 Å². The van der Waals surface area contributed by atoms with E-state index in [2.05, 4.69) is 26.1 Å². The Balaban J connectivity index is 1.36. The molecule has 2 bridgehead atoms. The van der Waals surface area contributed by atoms with E-state index >= 15 is 0 Å². The third kappa shape index (κ3) is 7.93. The van der Waals surface area contributed by atoms with Gasteiger partial charge in [-0.15, -0.1) is 0 Å². The van der Waals surface area contributed by atoms with Gasteiger partial charge < -0.3 is 33.9 Å². The zero-order chi connectivity index (χ0) is 37.4. The van der Waals surface area contributed by atoms with Crippen LogP contribution in [0, 0.1) is 23.7 Å². The predicted molar refractivity (Wildman–Crippen MR) is 197 cm³/mol. The third-order valence-electron chi connectivity index (χ3n) is 11.8. The predicted octanol–water partition coefficient (Wildman–Crippen LogP) is 7.44. The summed E-state index contributed by atoms with van der Waals surface area (Å²) in [7, 11) is 0. The van der Waals surface area contributed by atoms with E-state index in [1.807, 2.05) is 26.0 Å². The van der Waals surface area contributed by atoms with Gasteiger partial charge in [0, 0.05) is 35.9 Å². The van der Waals surface area contributed by atoms with Gasteiger partial charge in [0.05, 0.1) is 18.8 Å². The van der Waals surface area contributed by atoms with Gasteiger partial charge in [0.25, 0.3) is 0 Å². The van der Waals surface area contributed by atoms with Crippen molar-refractivity contribution in [3.63, 3.8) is 0 Å². The van der Waals surface area contributed by atoms with Crippen molar-refractivity contribution >= 4 is 29.4 Å². The van der Waals surface area contributed by atoms with Gasteiger partial charge in [-0.05, 0) is 79.5 Å². The molecule has 52 heavy (non-hydrogen) atoms. The number of hydrogen-bond donors (Lipinski definition) is 3. The second-order valence-corrected chi connectivity index (χ2v) is 16.0. The number of esters is 1. The Kier molecular flexibility index (Phi) is 11.7. The summed E-state index contributed by atoms with van der Waals surface area (Å²) in [5.41, 5.74) is 0.538. The molecule has 3 N–H and O–H groups in total. The fourth-order valence-electron chi connectivity index (χ4n) is 8.54. The maximum atomic E-state index is 14.2. The molecule has 3 fully saturated rings. The molecular weight excluding hydrogens is 686 g/mol. The van der Waals surface area contributed by atoms with E-state index in [4.69, 9.17) is 35.3 Å². The van der Waals surface area contributed by atoms with E-state index in [1.165, 1.54) is 0 Å². The molecule has 11 heteroatoms. The monoisotopic (exact) mass is 739 g/mol. The average Bonchev–Trinajstić information content (AvgIpc) is 3.45. The van der Waals surface area contributed by atoms with Crippen molar-refractivity contribution in [1.29, 1.82) is 0 Å². The maximum Gasteiger partial charge on any atom is 0.412 e. The minimum Gasteiger partial charge on any atom is -0.462 e. The molecule has 1 amide bonds. The number of ether oxygens (including phenoxy) is 5. The van der Waals surface area contributed by atoms with Gasteiger partial charge in [-0.1, -0.05) is 76.1 Å². The highest BCUT2D eigenvalue weighted by Crippen LogP contribution is 2.48. The van der Waals surface area contributed by atoms with Crippen molar-refractivity contribution in [1.82, 2.24) is 0 Å². The average molecular weight is 740 g/mol. The molecule has 5 aliphatic rings. The highest BCUT2D eigenvalue weighted by atomic mass is 35.5. The summed E-state index contributed by atoms with van der Waals surface area (Å²) in [6, 6.07) is 6.78. The number of anilines is 1. The van der Waals surface area contributed by atoms with Gasteiger partial charge in [0.1, 0.15) is 35.9 Å². The summed E-state index contributed by atoms with van der Waals surface area (Å²) >= 11 is 6.03. The quantitative estimate of drug-likeness (QED) is 0.213. The van der Waals surface area contributed by atoms with E-state index in [9.17, 15) is 19.8 Å². The van der Waals surface area contributed by atoms with Gasteiger partial charge in [-0.25, -0.2) is 4.79 Å². The molecule has 10 nitrogen and oxygen atoms in total. The molecule has 1 aromatic carbocycles. The number of amides is 1. The number of nitrogens with one attached hydrogen (secondary N) is 1. The number of aliphatic hydroxyl groups is 2. The van der Waals surface area contributed by atoms with Gasteiger partial charge in [0.2, 0.25) is 0 Å². The first-order valence-corrected chi connectivity index (χ1v) is 19.1. The van der Waals surface area contributed by atoms with Crippen LogP contribution in [0.25, 0.3) is 0 Å². The number of fused-ring (bicyclic) bond motifs is 2. The van der Waals surface area contributed by atoms with E-state index in [-0.39, 0.29) is 24.7 Å². The molecule has 1 aromatic rings. The lowest BCUT2D eigenvalue weighted by Crippen LogP contribution is -2.58. The van der Waals surface area contributed by atoms with E-state index in [1.54, 1.807) is 49.4 Å². The van der Waals surface area contributed by atoms with Crippen LogP contribution in [0.15, 0.2) is 71.4 Å². The van der Waals surface area contributed by atoms with Crippen LogP contribution < -0.4 is 5.32 Å². The Morgan fingerprint density at radius 2 is 1.88 bits per heavy atom. The summed E-state index contributed by atoms with van der Waals surface area (Å²) < 4.78 is 32.1. The molecule has 4 aliphatic heterocycles. The minimum atomic E-state index is -1.83. The molecular formula is C41H54ClNO9. The van der Waals surface area contributed by atoms with Crippen molar-refractivity contribution in [3.05, 3.63) is 76.4 Å². The molecule has 1 spiro atoms. The van der Waals surface area contributed by atoms with Crippen LogP contribution in [0.4, 0.5) is 10.5 Å². The Hall–Kier alpha value is -2.99. The molecule has 3 saturated heterocycles. The summed E-state index contributed by atoms with van der Waals surface area (Å²) in [6.07, 6.45) is 8.51. The lowest BCUT2D eigenvalue weighted by Gasteiger charge is -2.51. The molecule has 0 aromatic heterocycles. The highest BCUT2D eigenvalue weighted by molar-refractivity contribution is 6.30. The largest absolute Gasteiger partial charge is 0.462 e. The van der Waals surface area contributed by atoms with Crippen LogP contribution in [-0.2, 0) is 28.5 Å². The second kappa shape index (κ2) is 15.8. The molecule has 6 rings (SSSR count). The Labute approximate surface area is 312 Å². The molecule has 0 saturated carbocycles. The third-order valence-corrected chi connectivity index (χ3v) is 12.0. The molecule has 2 unspecified atom stereocenters. The summed E-state index contributed by atoms with van der Waals surface area (Å²) in [5.74, 6) is -2.24. The van der Waals surface area contributed by atoms with E-state index < -0.39 is 53.8 Å². The van der Waals surface area contributed by atoms with Crippen molar-refractivity contribution in [2.24, 2.45) is 23.7 Å². The number of benzene rings is 1. The Bertz CT molecular complexity index is 1600. The van der Waals surface area contributed by atoms with Gasteiger partial charge in [-0.2, -0.15) is 0 Å². The van der Waals surface area contributed by atoms with Crippen molar-refractivity contribution < 1.29 is 43.5 Å². The number of carbonyl (C=O) groups excluding carboxylic acids is 2. The highest BCUT2D eigenvalue weighted by Gasteiger charge is 2.60. The first-order chi connectivity index (χ1) is 24.7. The molecule has 0 radical (unpaired) electrons. The first kappa shape index (κ1) is 38.7. The molecule has 284 valence electrons. The SMILES string of the molecule is CCC(C)[C@H]1OC2(CC[C@@H]1C)C[C@@H]1C[C@@H](C/C=C(\C)[C@@H](OC(=O)Nc3ccc(Cl)cc3)[C@@H](C)/C=C/C=C3\CO[C@@H]4[C@H](O)C(C)=C[C@@H](C(=O)O1)[C@]34O)O2. The van der Waals surface area contributed by atoms with Crippen LogP contribution in [0.2, 0.25) is 5.02 Å². The Morgan fingerprint density at radius 3 is 2.62 bits per heavy atom. The van der Waals surface area contributed by atoms with Crippen LogP contribution in [0.3, 0.4) is 0 Å². The molecule has 1 aliphatic carbocycles. The van der Waals surface area contributed by atoms with Crippen molar-refractivity contribution in [2.75, 3.05) is 11.9 Å². The van der Waals surface area contributed by atoms with Crippen molar-refractivity contribution in [2.45, 2.75) is 128 Å². The lowest BCUT2D eigenvalue weighted by molar-refractivity contribution is -0.340. The number of halogens is 1. The zero-order valence-corrected chi connectivity index (χ0v) is 31.8. The van der Waals surface area contributed by atoms with Crippen LogP contribution in [0.5, 0.6) is 0 Å². The fraction of sp³-hybridized carbons (Fsp3) is 0.610. The second-order valence-electron chi connectivity index (χ2n) is 15.6. The van der Waals surface area contributed by atoms with Crippen LogP contribution >= 0.6 is 11.6 Å². The first-order valence-electron chi connectivity index (χ1n) is 18.8. The Morgan fingerprint density at radius 1 is 1.13 bits per heavy atom. The van der Waals surface area contributed by atoms with Crippen LogP contribution in [0.1, 0.15) is 80.1 Å². The number of hydrogen-bond acceptors (Lipinski definition) is 9. The smallest absolute Gasteiger partial charge is 0.412 e. The molecule has 12 atom stereocenters. The summed E-state index contributed by atoms with van der Waals surface area (Å²) in [6.45, 7) is 12.2. The topological polar surface area (TPSA) is 133 Å². The fourth-order valence-corrected chi connectivity index (χ4v) is 8.66. The van der Waals surface area contributed by atoms with Crippen LogP contribution in [-0.4, -0.2) is 76.9 Å². The molecule has 4 heterocycles. The normalized spacial score (nSPS) is 41.3. The lowest BCUT2D eigenvalue weighted by atomic mass is 9.71. The van der Waals surface area contributed by atoms with Gasteiger partial charge in [0.15, 0.2) is 5.79 Å². The number of rotatable bonds is 4. The number of carbonyl (C=O) groups is 2. The summed E-state index contributed by atoms with van der Waals surface area (Å²) in [4.78, 5) is 27.4. The van der Waals surface area contributed by atoms with Crippen molar-refractivity contribution in [3.8, 4) is 0 Å². The van der Waals surface area contributed by atoms with Gasteiger partial charge >= 0.3 is 12.1 Å². The summed E-state index contributed by atoms with van der Waals surface area (Å²) in [5, 5.41) is 26.8. The minimum absolute atomic E-state index is 0.0104. The van der Waals surface area contributed by atoms with E-state index in [0.29, 0.717) is 59.4 Å². The maximum absolute atomic E-state index is 14.2. The standard InChI is InChI=1S/C41H54ClNO9/c1-7-23(2)36-26(5)17-18-40(52-36)21-32-20-31(51-40)16-11-25(4)35(50-39(46)43-30-14-12-29(42)13-15-30)24(3)9-8-10-28-22-48-37-34(44)27(6)19-33(38(45)49-32)41(28,37)47/h8-15,19,23-24,26,31-37,44,47H,7,16-18,20-22H2,1-6H3,(H,43,46)/b9-8+,25-11+,28-10+/t23?,24-,26-,31+,32-,33-,34+,35-,36+,37+,40?,41+/m0/s1. The van der Waals surface area contributed by atoms with E-state index in [0.717, 1.165) is 18.4 Å². The number of aliphatic hydroxyl groups excluding tert-OH is 1. The zero-order valence-electron chi connectivity index (χ0n) is 31.0. The number of allylic oxidation sites excluding steroid dienone is 2.